The summed E-state index contributed by atoms with van der Waals surface area (Å²) in [5, 5.41) is 8.47. The maximum absolute atomic E-state index is 13.6. The Bertz CT molecular complexity index is 1220. The topological polar surface area (TPSA) is 61.9 Å². The summed E-state index contributed by atoms with van der Waals surface area (Å²) in [6.45, 7) is -2.96. The monoisotopic (exact) mass is 398 g/mol. The van der Waals surface area contributed by atoms with Gasteiger partial charge in [0.05, 0.1) is 23.3 Å². The van der Waals surface area contributed by atoms with Crippen LogP contribution < -0.4 is 10.2 Å². The molecule has 0 atom stereocenters. The number of nitrogens with zero attached hydrogens (tertiary/aromatic N) is 4. The van der Waals surface area contributed by atoms with Crippen LogP contribution in [0, 0.1) is 5.82 Å². The van der Waals surface area contributed by atoms with Crippen molar-refractivity contribution in [3.63, 3.8) is 0 Å². The van der Waals surface area contributed by atoms with E-state index in [2.05, 4.69) is 14.9 Å². The molecule has 0 aliphatic carbocycles. The minimum absolute atomic E-state index is 0.0376. The minimum Gasteiger partial charge on any atom is -0.435 e. The molecule has 0 saturated heterocycles. The van der Waals surface area contributed by atoms with E-state index in [0.29, 0.717) is 17.1 Å². The number of ether oxygens (including phenoxy) is 1. The van der Waals surface area contributed by atoms with Gasteiger partial charge >= 0.3 is 6.61 Å². The van der Waals surface area contributed by atoms with Gasteiger partial charge in [-0.15, -0.1) is 0 Å². The second kappa shape index (κ2) is 7.63. The van der Waals surface area contributed by atoms with E-state index >= 15 is 0 Å². The number of rotatable bonds is 5. The summed E-state index contributed by atoms with van der Waals surface area (Å²) in [7, 11) is 0. The van der Waals surface area contributed by atoms with Crippen molar-refractivity contribution in [2.45, 2.75) is 6.61 Å². The van der Waals surface area contributed by atoms with Crippen LogP contribution in [-0.4, -0.2) is 26.2 Å². The third-order valence-electron chi connectivity index (χ3n) is 4.05. The molecule has 2 heterocycles. The lowest BCUT2D eigenvalue weighted by molar-refractivity contribution is -0.0498. The molecule has 9 heteroatoms. The summed E-state index contributed by atoms with van der Waals surface area (Å²) in [6.07, 6.45) is 2.88. The van der Waals surface area contributed by atoms with Gasteiger partial charge in [0, 0.05) is 18.3 Å². The average Bonchev–Trinajstić information content (AvgIpc) is 3.18. The first kappa shape index (κ1) is 18.5. The van der Waals surface area contributed by atoms with Gasteiger partial charge in [0.1, 0.15) is 11.6 Å². The Morgan fingerprint density at radius 1 is 0.966 bits per heavy atom. The summed E-state index contributed by atoms with van der Waals surface area (Å²) < 4.78 is 45.7. The first-order valence-electron chi connectivity index (χ1n) is 8.47. The van der Waals surface area contributed by atoms with Crippen LogP contribution in [0.2, 0.25) is 0 Å². The second-order valence-electron chi connectivity index (χ2n) is 5.96. The van der Waals surface area contributed by atoms with Crippen molar-refractivity contribution in [3.8, 4) is 28.5 Å². The van der Waals surface area contributed by atoms with Crippen molar-refractivity contribution in [3.05, 3.63) is 89.1 Å². The van der Waals surface area contributed by atoms with Gasteiger partial charge in [-0.25, -0.2) is 13.8 Å². The van der Waals surface area contributed by atoms with Crippen molar-refractivity contribution in [2.75, 3.05) is 0 Å². The lowest BCUT2D eigenvalue weighted by Crippen LogP contribution is -2.15. The van der Waals surface area contributed by atoms with Gasteiger partial charge in [-0.05, 0) is 36.4 Å². The van der Waals surface area contributed by atoms with Gasteiger partial charge in [0.2, 0.25) is 5.43 Å². The third-order valence-corrected chi connectivity index (χ3v) is 4.05. The Hall–Kier alpha value is -3.88. The van der Waals surface area contributed by atoms with Gasteiger partial charge in [-0.1, -0.05) is 12.1 Å². The molecule has 4 aromatic rings. The van der Waals surface area contributed by atoms with E-state index in [-0.39, 0.29) is 16.9 Å². The van der Waals surface area contributed by atoms with E-state index < -0.39 is 12.4 Å². The lowest BCUT2D eigenvalue weighted by atomic mass is 10.2. The predicted molar refractivity (Wildman–Crippen MR) is 99.0 cm³/mol. The maximum Gasteiger partial charge on any atom is 0.387 e. The first-order valence-corrected chi connectivity index (χ1v) is 8.47. The van der Waals surface area contributed by atoms with Crippen LogP contribution >= 0.6 is 0 Å². The Labute approximate surface area is 162 Å². The molecule has 0 fully saturated rings. The summed E-state index contributed by atoms with van der Waals surface area (Å²) >= 11 is 0. The van der Waals surface area contributed by atoms with E-state index in [1.807, 2.05) is 0 Å². The van der Waals surface area contributed by atoms with E-state index in [1.165, 1.54) is 64.2 Å². The Morgan fingerprint density at radius 2 is 1.76 bits per heavy atom. The van der Waals surface area contributed by atoms with Gasteiger partial charge in [-0.2, -0.15) is 19.0 Å². The molecule has 0 bridgehead atoms. The lowest BCUT2D eigenvalue weighted by Gasteiger charge is -2.11. The van der Waals surface area contributed by atoms with Crippen molar-refractivity contribution in [1.29, 1.82) is 0 Å². The molecule has 0 saturated carbocycles. The minimum atomic E-state index is -2.96. The number of alkyl halides is 2. The van der Waals surface area contributed by atoms with E-state index in [1.54, 1.807) is 18.2 Å². The highest BCUT2D eigenvalue weighted by Crippen LogP contribution is 2.21. The Balaban J connectivity index is 1.79. The van der Waals surface area contributed by atoms with Crippen LogP contribution in [-0.2, 0) is 0 Å². The zero-order valence-corrected chi connectivity index (χ0v) is 14.7. The number of hydrogen-bond acceptors (Lipinski definition) is 4. The summed E-state index contributed by atoms with van der Waals surface area (Å²) in [5.41, 5.74) is 0.888. The molecular formula is C20H13F3N4O2. The van der Waals surface area contributed by atoms with Crippen LogP contribution in [0.15, 0.2) is 77.9 Å². The predicted octanol–water partition coefficient (Wildman–Crippen LogP) is 3.83. The largest absolute Gasteiger partial charge is 0.435 e. The van der Waals surface area contributed by atoms with Gasteiger partial charge in [0.25, 0.3) is 0 Å². The zero-order chi connectivity index (χ0) is 20.4. The molecular weight excluding hydrogens is 385 g/mol. The van der Waals surface area contributed by atoms with Gasteiger partial charge in [-0.3, -0.25) is 4.79 Å². The highest BCUT2D eigenvalue weighted by molar-refractivity contribution is 5.57. The van der Waals surface area contributed by atoms with E-state index in [9.17, 15) is 18.0 Å². The van der Waals surface area contributed by atoms with Crippen LogP contribution in [0.1, 0.15) is 0 Å². The molecule has 2 aromatic carbocycles. The molecule has 0 N–H and O–H groups in total. The first-order chi connectivity index (χ1) is 14.0. The standard InChI is InChI=1S/C20H13F3N4O2/c21-13-3-1-5-15(11-13)27-17(7-9-24-27)19-18(28)8-10-26(25-19)14-4-2-6-16(12-14)29-20(22)23/h1-12,20H. The molecule has 6 nitrogen and oxygen atoms in total. The molecule has 2 aromatic heterocycles. The molecule has 29 heavy (non-hydrogen) atoms. The molecule has 0 aliphatic rings. The van der Waals surface area contributed by atoms with Crippen molar-refractivity contribution >= 4 is 0 Å². The average molecular weight is 398 g/mol. The third kappa shape index (κ3) is 3.88. The molecule has 0 unspecified atom stereocenters. The number of halogens is 3. The quantitative estimate of drug-likeness (QED) is 0.513. The highest BCUT2D eigenvalue weighted by atomic mass is 19.3. The van der Waals surface area contributed by atoms with Gasteiger partial charge < -0.3 is 4.74 Å². The smallest absolute Gasteiger partial charge is 0.387 e. The summed E-state index contributed by atoms with van der Waals surface area (Å²) in [6, 6.07) is 14.6. The van der Waals surface area contributed by atoms with E-state index in [4.69, 9.17) is 0 Å². The van der Waals surface area contributed by atoms with Crippen molar-refractivity contribution in [2.24, 2.45) is 0 Å². The molecule has 0 amide bonds. The molecule has 4 rings (SSSR count). The second-order valence-corrected chi connectivity index (χ2v) is 5.96. The van der Waals surface area contributed by atoms with Crippen molar-refractivity contribution in [1.82, 2.24) is 19.6 Å². The summed E-state index contributed by atoms with van der Waals surface area (Å²) in [4.78, 5) is 12.4. The fourth-order valence-electron chi connectivity index (χ4n) is 2.83. The molecule has 0 spiro atoms. The normalized spacial score (nSPS) is 11.0. The zero-order valence-electron chi connectivity index (χ0n) is 14.7. The fraction of sp³-hybridized carbons (Fsp3) is 0.0500. The van der Waals surface area contributed by atoms with Gasteiger partial charge in [0.15, 0.2) is 5.69 Å². The highest BCUT2D eigenvalue weighted by Gasteiger charge is 2.14. The van der Waals surface area contributed by atoms with Crippen LogP contribution in [0.25, 0.3) is 22.8 Å². The summed E-state index contributed by atoms with van der Waals surface area (Å²) in [5.74, 6) is -0.484. The fourth-order valence-corrected chi connectivity index (χ4v) is 2.83. The molecule has 0 radical (unpaired) electrons. The van der Waals surface area contributed by atoms with Crippen LogP contribution in [0.4, 0.5) is 13.2 Å². The maximum atomic E-state index is 13.6. The number of hydrogen-bond donors (Lipinski definition) is 0. The molecule has 146 valence electrons. The molecule has 0 aliphatic heterocycles. The van der Waals surface area contributed by atoms with E-state index in [0.717, 1.165) is 0 Å². The van der Waals surface area contributed by atoms with Crippen LogP contribution in [0.3, 0.4) is 0 Å². The number of benzene rings is 2. The van der Waals surface area contributed by atoms with Crippen LogP contribution in [0.5, 0.6) is 5.75 Å². The SMILES string of the molecule is O=c1ccn(-c2cccc(OC(F)F)c2)nc1-c1ccnn1-c1cccc(F)c1. The Morgan fingerprint density at radius 3 is 2.55 bits per heavy atom. The Kier molecular flexibility index (Phi) is 4.86. The van der Waals surface area contributed by atoms with Crippen molar-refractivity contribution < 1.29 is 17.9 Å². The number of aromatic nitrogens is 4.